The molecule has 0 aliphatic heterocycles. The van der Waals surface area contributed by atoms with Crippen LogP contribution in [0.2, 0.25) is 0 Å². The van der Waals surface area contributed by atoms with Crippen LogP contribution in [-0.2, 0) is 6.42 Å². The summed E-state index contributed by atoms with van der Waals surface area (Å²) >= 11 is 0. The van der Waals surface area contributed by atoms with Crippen molar-refractivity contribution in [1.29, 1.82) is 0 Å². The van der Waals surface area contributed by atoms with Crippen molar-refractivity contribution in [2.75, 3.05) is 6.61 Å². The number of ether oxygens (including phenoxy) is 1. The lowest BCUT2D eigenvalue weighted by atomic mass is 9.89. The third-order valence-corrected chi connectivity index (χ3v) is 4.80. The third kappa shape index (κ3) is 5.22. The van der Waals surface area contributed by atoms with Gasteiger partial charge in [-0.1, -0.05) is 44.0 Å². The van der Waals surface area contributed by atoms with Gasteiger partial charge in [0.1, 0.15) is 5.75 Å². The smallest absolute Gasteiger partial charge is 0.119 e. The van der Waals surface area contributed by atoms with Crippen molar-refractivity contribution in [3.8, 4) is 5.75 Å². The molecule has 24 heavy (non-hydrogen) atoms. The van der Waals surface area contributed by atoms with Gasteiger partial charge in [-0.05, 0) is 61.6 Å². The summed E-state index contributed by atoms with van der Waals surface area (Å²) in [4.78, 5) is 0. The predicted molar refractivity (Wildman–Crippen MR) is 102 cm³/mol. The number of hydrogen-bond acceptors (Lipinski definition) is 3. The second kappa shape index (κ2) is 8.50. The first-order valence-electron chi connectivity index (χ1n) is 9.05. The van der Waals surface area contributed by atoms with E-state index in [9.17, 15) is 5.11 Å². The maximum atomic E-state index is 9.73. The van der Waals surface area contributed by atoms with Gasteiger partial charge in [0, 0.05) is 5.54 Å². The summed E-state index contributed by atoms with van der Waals surface area (Å²) in [6.07, 6.45) is 4.64. The van der Waals surface area contributed by atoms with Crippen molar-refractivity contribution in [1.82, 2.24) is 0 Å². The largest absolute Gasteiger partial charge is 0.494 e. The lowest BCUT2D eigenvalue weighted by Crippen LogP contribution is -2.46. The fourth-order valence-electron chi connectivity index (χ4n) is 2.68. The highest BCUT2D eigenvalue weighted by Gasteiger charge is 2.24. The molecule has 0 aliphatic rings. The standard InChI is InChI=1S/C21H31NO2/c1-4-5-6-13-24-20-10-9-18-14-17(7-8-19(18)15-20)11-12-21(3,22)16(2)23/h7-10,14-16,23H,4-6,11-13,22H2,1-3H3/t16-,21-/m1/s1. The molecule has 0 heterocycles. The molecule has 2 atom stereocenters. The number of fused-ring (bicyclic) bond motifs is 1. The minimum atomic E-state index is -0.550. The quantitative estimate of drug-likeness (QED) is 0.669. The number of aliphatic hydroxyl groups excluding tert-OH is 1. The second-order valence-electron chi connectivity index (χ2n) is 7.08. The zero-order chi connectivity index (χ0) is 17.6. The number of benzene rings is 2. The number of rotatable bonds is 9. The van der Waals surface area contributed by atoms with Gasteiger partial charge in [0.15, 0.2) is 0 Å². The Kier molecular flexibility index (Phi) is 6.64. The Morgan fingerprint density at radius 3 is 2.54 bits per heavy atom. The minimum absolute atomic E-state index is 0.509. The van der Waals surface area contributed by atoms with Gasteiger partial charge in [-0.3, -0.25) is 0 Å². The Morgan fingerprint density at radius 1 is 1.12 bits per heavy atom. The Hall–Kier alpha value is -1.58. The predicted octanol–water partition coefficient (Wildman–Crippen LogP) is 4.44. The lowest BCUT2D eigenvalue weighted by molar-refractivity contribution is 0.106. The molecule has 0 bridgehead atoms. The molecule has 3 heteroatoms. The van der Waals surface area contributed by atoms with Crippen LogP contribution in [0.1, 0.15) is 52.0 Å². The summed E-state index contributed by atoms with van der Waals surface area (Å²) in [5.74, 6) is 0.940. The normalized spacial score (nSPS) is 15.2. The first-order chi connectivity index (χ1) is 11.4. The molecule has 0 aliphatic carbocycles. The minimum Gasteiger partial charge on any atom is -0.494 e. The van der Waals surface area contributed by atoms with E-state index in [1.807, 2.05) is 13.0 Å². The Balaban J connectivity index is 2.01. The van der Waals surface area contributed by atoms with Crippen LogP contribution < -0.4 is 10.5 Å². The molecular weight excluding hydrogens is 298 g/mol. The molecule has 0 unspecified atom stereocenters. The molecule has 2 aromatic rings. The molecule has 0 saturated carbocycles. The summed E-state index contributed by atoms with van der Waals surface area (Å²) in [5.41, 5.74) is 6.84. The first kappa shape index (κ1) is 18.8. The van der Waals surface area contributed by atoms with Gasteiger partial charge in [-0.2, -0.15) is 0 Å². The summed E-state index contributed by atoms with van der Waals surface area (Å²) in [6.45, 7) is 6.64. The van der Waals surface area contributed by atoms with Crippen molar-refractivity contribution < 1.29 is 9.84 Å². The number of hydrogen-bond donors (Lipinski definition) is 2. The molecule has 0 aromatic heterocycles. The molecule has 0 saturated heterocycles. The van der Waals surface area contributed by atoms with Gasteiger partial charge < -0.3 is 15.6 Å². The van der Waals surface area contributed by atoms with E-state index in [2.05, 4.69) is 37.3 Å². The van der Waals surface area contributed by atoms with E-state index in [0.717, 1.165) is 31.6 Å². The Labute approximate surface area is 145 Å². The average molecular weight is 329 g/mol. The molecule has 3 N–H and O–H groups in total. The van der Waals surface area contributed by atoms with E-state index in [-0.39, 0.29) is 0 Å². The van der Waals surface area contributed by atoms with Crippen molar-refractivity contribution in [3.05, 3.63) is 42.0 Å². The summed E-state index contributed by atoms with van der Waals surface area (Å²) < 4.78 is 5.82. The van der Waals surface area contributed by atoms with Gasteiger partial charge in [0.2, 0.25) is 0 Å². The topological polar surface area (TPSA) is 55.5 Å². The fraction of sp³-hybridized carbons (Fsp3) is 0.524. The Morgan fingerprint density at radius 2 is 1.83 bits per heavy atom. The molecule has 0 fully saturated rings. The average Bonchev–Trinajstić information content (AvgIpc) is 2.56. The number of nitrogens with two attached hydrogens (primary N) is 1. The molecule has 0 amide bonds. The van der Waals surface area contributed by atoms with E-state index < -0.39 is 11.6 Å². The summed E-state index contributed by atoms with van der Waals surface area (Å²) in [5, 5.41) is 12.1. The van der Waals surface area contributed by atoms with Crippen LogP contribution in [0.25, 0.3) is 10.8 Å². The number of unbranched alkanes of at least 4 members (excludes halogenated alkanes) is 2. The van der Waals surface area contributed by atoms with Crippen LogP contribution in [0.3, 0.4) is 0 Å². The van der Waals surface area contributed by atoms with Gasteiger partial charge in [-0.25, -0.2) is 0 Å². The van der Waals surface area contributed by atoms with Crippen LogP contribution in [0.5, 0.6) is 5.75 Å². The van der Waals surface area contributed by atoms with Gasteiger partial charge in [0.05, 0.1) is 12.7 Å². The van der Waals surface area contributed by atoms with Crippen LogP contribution in [0.4, 0.5) is 0 Å². The SMILES string of the molecule is CCCCCOc1ccc2cc(CC[C@@](C)(N)[C@@H](C)O)ccc2c1. The van der Waals surface area contributed by atoms with E-state index in [0.29, 0.717) is 0 Å². The fourth-order valence-corrected chi connectivity index (χ4v) is 2.68. The van der Waals surface area contributed by atoms with Crippen LogP contribution >= 0.6 is 0 Å². The summed E-state index contributed by atoms with van der Waals surface area (Å²) in [6, 6.07) is 12.7. The molecular formula is C21H31NO2. The zero-order valence-electron chi connectivity index (χ0n) is 15.2. The Bertz CT molecular complexity index is 649. The number of aliphatic hydroxyl groups is 1. The highest BCUT2D eigenvalue weighted by molar-refractivity contribution is 5.84. The van der Waals surface area contributed by atoms with E-state index in [4.69, 9.17) is 10.5 Å². The van der Waals surface area contributed by atoms with Crippen molar-refractivity contribution in [2.45, 2.75) is 64.5 Å². The van der Waals surface area contributed by atoms with Crippen LogP contribution in [-0.4, -0.2) is 23.4 Å². The van der Waals surface area contributed by atoms with Crippen LogP contribution in [0.15, 0.2) is 36.4 Å². The molecule has 0 radical (unpaired) electrons. The number of aryl methyl sites for hydroxylation is 1. The maximum Gasteiger partial charge on any atom is 0.119 e. The van der Waals surface area contributed by atoms with E-state index in [1.54, 1.807) is 6.92 Å². The molecule has 0 spiro atoms. The summed E-state index contributed by atoms with van der Waals surface area (Å²) in [7, 11) is 0. The molecule has 132 valence electrons. The van der Waals surface area contributed by atoms with E-state index in [1.165, 1.54) is 29.2 Å². The van der Waals surface area contributed by atoms with Crippen molar-refractivity contribution in [2.24, 2.45) is 5.73 Å². The van der Waals surface area contributed by atoms with Gasteiger partial charge in [0.25, 0.3) is 0 Å². The maximum absolute atomic E-state index is 9.73. The molecule has 3 nitrogen and oxygen atoms in total. The second-order valence-corrected chi connectivity index (χ2v) is 7.08. The highest BCUT2D eigenvalue weighted by Crippen LogP contribution is 2.24. The lowest BCUT2D eigenvalue weighted by Gasteiger charge is -2.27. The van der Waals surface area contributed by atoms with Gasteiger partial charge >= 0.3 is 0 Å². The first-order valence-corrected chi connectivity index (χ1v) is 9.05. The molecule has 2 rings (SSSR count). The van der Waals surface area contributed by atoms with Crippen LogP contribution in [0, 0.1) is 0 Å². The third-order valence-electron chi connectivity index (χ3n) is 4.80. The van der Waals surface area contributed by atoms with Gasteiger partial charge in [-0.15, -0.1) is 0 Å². The monoisotopic (exact) mass is 329 g/mol. The van der Waals surface area contributed by atoms with Crippen molar-refractivity contribution in [3.63, 3.8) is 0 Å². The van der Waals surface area contributed by atoms with Crippen molar-refractivity contribution >= 4 is 10.8 Å². The zero-order valence-corrected chi connectivity index (χ0v) is 15.2. The highest BCUT2D eigenvalue weighted by atomic mass is 16.5. The van der Waals surface area contributed by atoms with E-state index >= 15 is 0 Å². The molecule has 2 aromatic carbocycles.